The summed E-state index contributed by atoms with van der Waals surface area (Å²) in [6.07, 6.45) is -2.04. The third-order valence-electron chi connectivity index (χ3n) is 5.20. The van der Waals surface area contributed by atoms with Crippen LogP contribution in [-0.2, 0) is 9.31 Å². The number of carbonyl (C=O) groups excluding carboxylic acids is 1. The van der Waals surface area contributed by atoms with Crippen LogP contribution in [0.4, 0.5) is 14.5 Å². The van der Waals surface area contributed by atoms with Crippen molar-refractivity contribution in [3.05, 3.63) is 47.3 Å². The molecule has 0 unspecified atom stereocenters. The lowest BCUT2D eigenvalue weighted by Gasteiger charge is -2.32. The Balaban J connectivity index is 1.83. The van der Waals surface area contributed by atoms with Crippen molar-refractivity contribution in [1.29, 1.82) is 0 Å². The maximum absolute atomic E-state index is 12.4. The minimum atomic E-state index is -2.71. The van der Waals surface area contributed by atoms with Crippen molar-refractivity contribution in [2.75, 3.05) is 6.61 Å². The maximum Gasteiger partial charge on any atom is 0.495 e. The molecular weight excluding hydrogens is 409 g/mol. The molecule has 0 radical (unpaired) electrons. The number of hydrogen-bond donors (Lipinski definition) is 0. The van der Waals surface area contributed by atoms with Crippen molar-refractivity contribution in [2.45, 2.75) is 45.3 Å². The molecule has 1 aromatic carbocycles. The Labute approximate surface area is 179 Å². The number of pyridine rings is 1. The van der Waals surface area contributed by atoms with Gasteiger partial charge in [0.1, 0.15) is 18.6 Å². The minimum Gasteiger partial charge on any atom is -0.480 e. The van der Waals surface area contributed by atoms with Crippen LogP contribution in [0.5, 0.6) is 17.5 Å². The Morgan fingerprint density at radius 2 is 1.87 bits per heavy atom. The van der Waals surface area contributed by atoms with E-state index in [1.165, 1.54) is 18.2 Å². The third kappa shape index (κ3) is 4.84. The number of benzene rings is 1. The molecule has 0 spiro atoms. The molecular formula is C21H21BF2N2O5. The Kier molecular flexibility index (Phi) is 6.29. The van der Waals surface area contributed by atoms with Crippen LogP contribution in [0, 0.1) is 6.57 Å². The lowest BCUT2D eigenvalue weighted by Crippen LogP contribution is -2.41. The zero-order chi connectivity index (χ0) is 22.8. The number of nitrogens with zero attached hydrogens (tertiary/aromatic N) is 2. The predicted molar refractivity (Wildman–Crippen MR) is 110 cm³/mol. The fourth-order valence-corrected chi connectivity index (χ4v) is 2.83. The van der Waals surface area contributed by atoms with Gasteiger partial charge in [-0.1, -0.05) is 6.07 Å². The van der Waals surface area contributed by atoms with E-state index in [1.54, 1.807) is 12.1 Å². The number of carbonyl (C=O) groups is 1. The molecule has 0 aliphatic carbocycles. The van der Waals surface area contributed by atoms with Crippen molar-refractivity contribution >= 4 is 24.6 Å². The molecule has 1 saturated heterocycles. The van der Waals surface area contributed by atoms with Gasteiger partial charge in [-0.05, 0) is 57.4 Å². The van der Waals surface area contributed by atoms with Gasteiger partial charge in [0, 0.05) is 5.56 Å². The van der Waals surface area contributed by atoms with Crippen molar-refractivity contribution < 1.29 is 32.4 Å². The molecule has 1 aliphatic rings. The lowest BCUT2D eigenvalue weighted by atomic mass is 9.76. The van der Waals surface area contributed by atoms with E-state index in [0.717, 1.165) is 0 Å². The normalized spacial score (nSPS) is 16.8. The Bertz CT molecular complexity index is 1010. The van der Waals surface area contributed by atoms with E-state index in [4.69, 9.17) is 25.4 Å². The molecule has 0 saturated carbocycles. The van der Waals surface area contributed by atoms with Gasteiger partial charge in [0.15, 0.2) is 0 Å². The highest BCUT2D eigenvalue weighted by Gasteiger charge is 2.52. The number of halogens is 2. The lowest BCUT2D eigenvalue weighted by molar-refractivity contribution is 0.00578. The van der Waals surface area contributed by atoms with E-state index in [0.29, 0.717) is 17.3 Å². The second-order valence-electron chi connectivity index (χ2n) is 7.89. The Morgan fingerprint density at radius 3 is 2.45 bits per heavy atom. The van der Waals surface area contributed by atoms with E-state index in [2.05, 4.69) is 9.83 Å². The molecule has 3 rings (SSSR count). The number of aldehydes is 1. The standard InChI is InChI=1S/C21H21BF2N2O5/c1-20(2)21(3,4)31-22(30-20)15-7-6-14(10-13(15)11-27)29-18-9-8-16(25-5)19(26-18)28-12-17(23)24/h6-11,17H,12H2,1-4H3. The molecule has 0 atom stereocenters. The van der Waals surface area contributed by atoms with Crippen molar-refractivity contribution in [3.63, 3.8) is 0 Å². The van der Waals surface area contributed by atoms with Gasteiger partial charge in [-0.25, -0.2) is 13.6 Å². The molecule has 2 aromatic rings. The first-order chi connectivity index (χ1) is 14.6. The predicted octanol–water partition coefficient (Wildman–Crippen LogP) is 4.18. The summed E-state index contributed by atoms with van der Waals surface area (Å²) in [4.78, 5) is 18.9. The summed E-state index contributed by atoms with van der Waals surface area (Å²) < 4.78 is 47.4. The summed E-state index contributed by atoms with van der Waals surface area (Å²) in [5.74, 6) is 0.0550. The quantitative estimate of drug-likeness (QED) is 0.373. The van der Waals surface area contributed by atoms with Gasteiger partial charge in [-0.2, -0.15) is 4.98 Å². The molecule has 0 bridgehead atoms. The number of alkyl halides is 2. The second kappa shape index (κ2) is 8.61. The van der Waals surface area contributed by atoms with Gasteiger partial charge in [0.2, 0.25) is 17.4 Å². The number of ether oxygens (including phenoxy) is 2. The van der Waals surface area contributed by atoms with Gasteiger partial charge >= 0.3 is 7.12 Å². The summed E-state index contributed by atoms with van der Waals surface area (Å²) in [5.41, 5.74) is -0.272. The van der Waals surface area contributed by atoms with Crippen LogP contribution in [0.2, 0.25) is 0 Å². The zero-order valence-electron chi connectivity index (χ0n) is 17.5. The van der Waals surface area contributed by atoms with Gasteiger partial charge in [-0.3, -0.25) is 4.79 Å². The summed E-state index contributed by atoms with van der Waals surface area (Å²) in [5, 5.41) is 0. The van der Waals surface area contributed by atoms with Crippen LogP contribution < -0.4 is 14.9 Å². The summed E-state index contributed by atoms with van der Waals surface area (Å²) in [6.45, 7) is 13.9. The number of hydrogen-bond acceptors (Lipinski definition) is 6. The van der Waals surface area contributed by atoms with E-state index in [1.807, 2.05) is 27.7 Å². The SMILES string of the molecule is [C-]#[N+]c1ccc(Oc2ccc(B3OC(C)(C)C(C)(C)O3)c(C=O)c2)nc1OCC(F)F. The highest BCUT2D eigenvalue weighted by molar-refractivity contribution is 6.63. The third-order valence-corrected chi connectivity index (χ3v) is 5.20. The fraction of sp³-hybridized carbons (Fsp3) is 0.381. The summed E-state index contributed by atoms with van der Waals surface area (Å²) >= 11 is 0. The smallest absolute Gasteiger partial charge is 0.480 e. The van der Waals surface area contributed by atoms with Crippen LogP contribution in [0.1, 0.15) is 38.1 Å². The fourth-order valence-electron chi connectivity index (χ4n) is 2.83. The van der Waals surface area contributed by atoms with Crippen LogP contribution in [-0.4, -0.2) is 42.6 Å². The van der Waals surface area contributed by atoms with Crippen LogP contribution in [0.25, 0.3) is 4.85 Å². The zero-order valence-corrected chi connectivity index (χ0v) is 17.5. The molecule has 162 valence electrons. The van der Waals surface area contributed by atoms with E-state index < -0.39 is 31.4 Å². The topological polar surface area (TPSA) is 71.2 Å². The van der Waals surface area contributed by atoms with Gasteiger partial charge in [0.05, 0.1) is 17.8 Å². The molecule has 1 fully saturated rings. The molecule has 7 nitrogen and oxygen atoms in total. The van der Waals surface area contributed by atoms with Crippen molar-refractivity contribution in [1.82, 2.24) is 4.98 Å². The Morgan fingerprint density at radius 1 is 1.19 bits per heavy atom. The van der Waals surface area contributed by atoms with Gasteiger partial charge in [-0.15, -0.1) is 0 Å². The van der Waals surface area contributed by atoms with Crippen LogP contribution in [0.15, 0.2) is 30.3 Å². The maximum atomic E-state index is 12.4. The monoisotopic (exact) mass is 430 g/mol. The minimum absolute atomic E-state index is 0.0160. The van der Waals surface area contributed by atoms with Crippen LogP contribution >= 0.6 is 0 Å². The summed E-state index contributed by atoms with van der Waals surface area (Å²) in [6, 6.07) is 7.53. The van der Waals surface area contributed by atoms with Gasteiger partial charge < -0.3 is 18.8 Å². The Hall–Kier alpha value is -3.03. The van der Waals surface area contributed by atoms with Crippen molar-refractivity contribution in [3.8, 4) is 17.5 Å². The average Bonchev–Trinajstić information content (AvgIpc) is 2.93. The molecule has 2 heterocycles. The largest absolute Gasteiger partial charge is 0.495 e. The molecule has 1 aliphatic heterocycles. The van der Waals surface area contributed by atoms with Crippen molar-refractivity contribution in [2.24, 2.45) is 0 Å². The number of rotatable bonds is 7. The van der Waals surface area contributed by atoms with E-state index >= 15 is 0 Å². The molecule has 10 heteroatoms. The molecule has 1 aromatic heterocycles. The number of aromatic nitrogens is 1. The summed E-state index contributed by atoms with van der Waals surface area (Å²) in [7, 11) is -0.718. The van der Waals surface area contributed by atoms with Gasteiger partial charge in [0.25, 0.3) is 6.43 Å². The molecule has 0 N–H and O–H groups in total. The second-order valence-corrected chi connectivity index (χ2v) is 7.89. The average molecular weight is 430 g/mol. The first kappa shape index (κ1) is 22.7. The first-order valence-electron chi connectivity index (χ1n) is 9.48. The first-order valence-corrected chi connectivity index (χ1v) is 9.48. The molecule has 31 heavy (non-hydrogen) atoms. The van der Waals surface area contributed by atoms with E-state index in [9.17, 15) is 13.6 Å². The van der Waals surface area contributed by atoms with Crippen LogP contribution in [0.3, 0.4) is 0 Å². The highest BCUT2D eigenvalue weighted by Crippen LogP contribution is 2.37. The molecule has 0 amide bonds. The highest BCUT2D eigenvalue weighted by atomic mass is 19.3. The van der Waals surface area contributed by atoms with E-state index in [-0.39, 0.29) is 23.2 Å².